The van der Waals surface area contributed by atoms with Crippen molar-refractivity contribution in [3.63, 3.8) is 0 Å². The van der Waals surface area contributed by atoms with Crippen molar-refractivity contribution >= 4 is 17.5 Å². The molecule has 0 bridgehead atoms. The molecule has 0 spiro atoms. The highest BCUT2D eigenvalue weighted by molar-refractivity contribution is 6.13. The molecule has 116 valence electrons. The molecule has 0 heterocycles. The van der Waals surface area contributed by atoms with E-state index < -0.39 is 4.92 Å². The van der Waals surface area contributed by atoms with E-state index in [1.807, 2.05) is 18.2 Å². The highest BCUT2D eigenvalue weighted by atomic mass is 16.6. The van der Waals surface area contributed by atoms with Gasteiger partial charge in [0.1, 0.15) is 5.75 Å². The maximum atomic E-state index is 12.6. The quantitative estimate of drug-likeness (QED) is 0.491. The monoisotopic (exact) mass is 309 g/mol. The van der Waals surface area contributed by atoms with Crippen molar-refractivity contribution in [1.29, 1.82) is 0 Å². The van der Waals surface area contributed by atoms with E-state index in [-0.39, 0.29) is 11.5 Å². The first kappa shape index (κ1) is 15.0. The lowest BCUT2D eigenvalue weighted by atomic mass is 9.85. The van der Waals surface area contributed by atoms with Crippen LogP contribution in [-0.2, 0) is 6.42 Å². The summed E-state index contributed by atoms with van der Waals surface area (Å²) in [4.78, 5) is 22.9. The molecule has 23 heavy (non-hydrogen) atoms. The number of nitro groups is 1. The summed E-state index contributed by atoms with van der Waals surface area (Å²) < 4.78 is 5.31. The summed E-state index contributed by atoms with van der Waals surface area (Å²) in [6.45, 7) is 0. The number of hydrogen-bond acceptors (Lipinski definition) is 4. The normalized spacial score (nSPS) is 15.3. The average molecular weight is 309 g/mol. The number of benzene rings is 2. The number of carbonyl (C=O) groups is 1. The molecule has 2 aromatic rings. The Bertz CT molecular complexity index is 806. The fraction of sp³-hybridized carbons (Fsp3) is 0.167. The number of carbonyl (C=O) groups excluding carboxylic acids is 1. The molecule has 5 heteroatoms. The van der Waals surface area contributed by atoms with Gasteiger partial charge < -0.3 is 4.74 Å². The lowest BCUT2D eigenvalue weighted by molar-refractivity contribution is -0.384. The minimum atomic E-state index is -0.439. The predicted molar refractivity (Wildman–Crippen MR) is 86.7 cm³/mol. The van der Waals surface area contributed by atoms with Gasteiger partial charge in [0, 0.05) is 28.8 Å². The van der Waals surface area contributed by atoms with E-state index in [1.54, 1.807) is 25.3 Å². The van der Waals surface area contributed by atoms with E-state index in [2.05, 4.69) is 0 Å². The highest BCUT2D eigenvalue weighted by Crippen LogP contribution is 2.32. The van der Waals surface area contributed by atoms with Gasteiger partial charge in [-0.3, -0.25) is 14.9 Å². The Labute approximate surface area is 133 Å². The number of hydrogen-bond donors (Lipinski definition) is 0. The van der Waals surface area contributed by atoms with E-state index in [0.717, 1.165) is 23.3 Å². The van der Waals surface area contributed by atoms with Crippen molar-refractivity contribution in [2.75, 3.05) is 7.11 Å². The molecular weight excluding hydrogens is 294 g/mol. The molecule has 0 atom stereocenters. The number of fused-ring (bicyclic) bond motifs is 1. The summed E-state index contributed by atoms with van der Waals surface area (Å²) in [5.41, 5.74) is 3.15. The lowest BCUT2D eigenvalue weighted by Gasteiger charge is -2.19. The number of methoxy groups -OCH3 is 1. The van der Waals surface area contributed by atoms with Crippen molar-refractivity contribution < 1.29 is 14.5 Å². The van der Waals surface area contributed by atoms with Crippen LogP contribution < -0.4 is 4.74 Å². The second kappa shape index (κ2) is 6.04. The second-order valence-corrected chi connectivity index (χ2v) is 5.33. The summed E-state index contributed by atoms with van der Waals surface area (Å²) in [5, 5.41) is 10.7. The molecule has 1 aliphatic carbocycles. The van der Waals surface area contributed by atoms with Crippen molar-refractivity contribution in [2.24, 2.45) is 0 Å². The van der Waals surface area contributed by atoms with Crippen LogP contribution in [0.25, 0.3) is 6.08 Å². The number of ether oxygens (including phenoxy) is 1. The van der Waals surface area contributed by atoms with Crippen LogP contribution in [0.4, 0.5) is 5.69 Å². The van der Waals surface area contributed by atoms with Crippen LogP contribution in [0.3, 0.4) is 0 Å². The number of rotatable bonds is 3. The SMILES string of the molecule is COc1cccc2c1CCC(=Cc1ccc([N+](=O)[O-])cc1)C2=O. The minimum Gasteiger partial charge on any atom is -0.496 e. The van der Waals surface area contributed by atoms with Crippen LogP contribution in [0.2, 0.25) is 0 Å². The van der Waals surface area contributed by atoms with E-state index in [0.29, 0.717) is 17.6 Å². The Morgan fingerprint density at radius 3 is 2.52 bits per heavy atom. The van der Waals surface area contributed by atoms with E-state index in [9.17, 15) is 14.9 Å². The van der Waals surface area contributed by atoms with Crippen molar-refractivity contribution in [3.05, 3.63) is 74.8 Å². The third kappa shape index (κ3) is 2.85. The van der Waals surface area contributed by atoms with Crippen LogP contribution in [0.5, 0.6) is 5.75 Å². The van der Waals surface area contributed by atoms with Crippen LogP contribution in [0.1, 0.15) is 27.9 Å². The maximum absolute atomic E-state index is 12.6. The molecule has 0 N–H and O–H groups in total. The van der Waals surface area contributed by atoms with Gasteiger partial charge in [-0.25, -0.2) is 0 Å². The minimum absolute atomic E-state index is 0.0106. The first-order valence-corrected chi connectivity index (χ1v) is 7.26. The summed E-state index contributed by atoms with van der Waals surface area (Å²) in [6.07, 6.45) is 3.17. The number of Topliss-reactive ketones (excluding diaryl/α,β-unsaturated/α-hetero) is 1. The molecule has 2 aromatic carbocycles. The summed E-state index contributed by atoms with van der Waals surface area (Å²) >= 11 is 0. The topological polar surface area (TPSA) is 69.4 Å². The van der Waals surface area contributed by atoms with Gasteiger partial charge in [-0.1, -0.05) is 12.1 Å². The number of allylic oxidation sites excluding steroid dienone is 1. The van der Waals surface area contributed by atoms with Gasteiger partial charge in [-0.15, -0.1) is 0 Å². The zero-order valence-corrected chi connectivity index (χ0v) is 12.6. The Kier molecular flexibility index (Phi) is 3.93. The molecule has 0 amide bonds. The summed E-state index contributed by atoms with van der Waals surface area (Å²) in [5.74, 6) is 0.730. The number of nitro benzene ring substituents is 1. The molecule has 0 unspecified atom stereocenters. The molecule has 1 aliphatic rings. The van der Waals surface area contributed by atoms with Gasteiger partial charge in [0.2, 0.25) is 0 Å². The van der Waals surface area contributed by atoms with E-state index in [4.69, 9.17) is 4.74 Å². The fourth-order valence-corrected chi connectivity index (χ4v) is 2.80. The Balaban J connectivity index is 1.92. The van der Waals surface area contributed by atoms with E-state index >= 15 is 0 Å². The molecule has 0 saturated carbocycles. The molecule has 0 aromatic heterocycles. The second-order valence-electron chi connectivity index (χ2n) is 5.33. The molecule has 3 rings (SSSR count). The first-order valence-electron chi connectivity index (χ1n) is 7.26. The lowest BCUT2D eigenvalue weighted by Crippen LogP contribution is -2.15. The van der Waals surface area contributed by atoms with Crippen LogP contribution in [0.15, 0.2) is 48.0 Å². The Hall–Kier alpha value is -2.95. The molecule has 0 fully saturated rings. The van der Waals surface area contributed by atoms with Gasteiger partial charge in [0.15, 0.2) is 5.78 Å². The smallest absolute Gasteiger partial charge is 0.269 e. The molecule has 0 radical (unpaired) electrons. The molecule has 0 aliphatic heterocycles. The van der Waals surface area contributed by atoms with E-state index in [1.165, 1.54) is 12.1 Å². The van der Waals surface area contributed by atoms with Gasteiger partial charge in [-0.2, -0.15) is 0 Å². The Morgan fingerprint density at radius 2 is 1.87 bits per heavy atom. The largest absolute Gasteiger partial charge is 0.496 e. The van der Waals surface area contributed by atoms with Crippen molar-refractivity contribution in [2.45, 2.75) is 12.8 Å². The molecular formula is C18H15NO4. The van der Waals surface area contributed by atoms with Crippen LogP contribution in [0, 0.1) is 10.1 Å². The van der Waals surface area contributed by atoms with Gasteiger partial charge in [0.25, 0.3) is 5.69 Å². The Morgan fingerprint density at radius 1 is 1.13 bits per heavy atom. The number of nitrogens with zero attached hydrogens (tertiary/aromatic N) is 1. The van der Waals surface area contributed by atoms with Crippen LogP contribution in [-0.4, -0.2) is 17.8 Å². The third-order valence-corrected chi connectivity index (χ3v) is 3.98. The zero-order chi connectivity index (χ0) is 16.4. The highest BCUT2D eigenvalue weighted by Gasteiger charge is 2.24. The predicted octanol–water partition coefficient (Wildman–Crippen LogP) is 3.82. The first-order chi connectivity index (χ1) is 11.1. The third-order valence-electron chi connectivity index (χ3n) is 3.98. The van der Waals surface area contributed by atoms with Gasteiger partial charge >= 0.3 is 0 Å². The van der Waals surface area contributed by atoms with Crippen molar-refractivity contribution in [3.8, 4) is 5.75 Å². The maximum Gasteiger partial charge on any atom is 0.269 e. The number of ketones is 1. The van der Waals surface area contributed by atoms with Gasteiger partial charge in [-0.05, 0) is 42.7 Å². The number of non-ortho nitro benzene ring substituents is 1. The zero-order valence-electron chi connectivity index (χ0n) is 12.6. The standard InChI is InChI=1S/C18H15NO4/c1-23-17-4-2-3-16-15(17)10-7-13(18(16)20)11-12-5-8-14(9-6-12)19(21)22/h2-6,8-9,11H,7,10H2,1H3. The molecule has 0 saturated heterocycles. The van der Waals surface area contributed by atoms with Crippen LogP contribution >= 0.6 is 0 Å². The molecule has 5 nitrogen and oxygen atoms in total. The van der Waals surface area contributed by atoms with Gasteiger partial charge in [0.05, 0.1) is 12.0 Å². The average Bonchev–Trinajstić information content (AvgIpc) is 2.57. The fourth-order valence-electron chi connectivity index (χ4n) is 2.80. The van der Waals surface area contributed by atoms with Crippen molar-refractivity contribution in [1.82, 2.24) is 0 Å². The summed E-state index contributed by atoms with van der Waals surface area (Å²) in [6, 6.07) is 11.7. The summed E-state index contributed by atoms with van der Waals surface area (Å²) in [7, 11) is 1.60.